The number of hydrogen-bond acceptors (Lipinski definition) is 2. The average Bonchev–Trinajstić information content (AvgIpc) is 2.84. The molecule has 102 valence electrons. The van der Waals surface area contributed by atoms with E-state index < -0.39 is 23.5 Å². The summed E-state index contributed by atoms with van der Waals surface area (Å²) in [6.07, 6.45) is 4.12. The topological polar surface area (TPSA) is 43.8 Å². The van der Waals surface area contributed by atoms with Crippen molar-refractivity contribution in [3.05, 3.63) is 53.4 Å². The Morgan fingerprint density at radius 3 is 2.68 bits per heavy atom. The van der Waals surface area contributed by atoms with E-state index >= 15 is 0 Å². The van der Waals surface area contributed by atoms with Gasteiger partial charge in [0.05, 0.1) is 6.04 Å². The first kappa shape index (κ1) is 13.6. The third-order valence-corrected chi connectivity index (χ3v) is 2.89. The Labute approximate surface area is 108 Å². The van der Waals surface area contributed by atoms with E-state index in [1.54, 1.807) is 17.0 Å². The van der Waals surface area contributed by atoms with E-state index in [0.717, 1.165) is 18.6 Å². The van der Waals surface area contributed by atoms with Gasteiger partial charge in [-0.15, -0.1) is 0 Å². The first-order valence-electron chi connectivity index (χ1n) is 5.96. The van der Waals surface area contributed by atoms with Gasteiger partial charge in [-0.25, -0.2) is 18.2 Å². The zero-order chi connectivity index (χ0) is 14.0. The van der Waals surface area contributed by atoms with Gasteiger partial charge in [-0.3, -0.25) is 0 Å². The second-order valence-corrected chi connectivity index (χ2v) is 4.22. The fraction of sp³-hybridized carbons (Fsp3) is 0.308. The number of hydrogen-bond donors (Lipinski definition) is 1. The highest BCUT2D eigenvalue weighted by Gasteiger charge is 2.22. The van der Waals surface area contributed by atoms with Crippen LogP contribution in [-0.2, 0) is 6.54 Å². The normalized spacial score (nSPS) is 12.7. The molecule has 0 saturated heterocycles. The number of aromatic nitrogens is 2. The first-order chi connectivity index (χ1) is 9.06. The molecule has 1 aromatic carbocycles. The fourth-order valence-corrected chi connectivity index (χ4v) is 1.95. The van der Waals surface area contributed by atoms with Crippen molar-refractivity contribution in [3.63, 3.8) is 0 Å². The molecule has 0 aliphatic carbocycles. The Balaban J connectivity index is 2.41. The van der Waals surface area contributed by atoms with Gasteiger partial charge in [-0.2, -0.15) is 0 Å². The molecule has 0 radical (unpaired) electrons. The molecule has 3 nitrogen and oxygen atoms in total. The van der Waals surface area contributed by atoms with E-state index in [9.17, 15) is 13.2 Å². The summed E-state index contributed by atoms with van der Waals surface area (Å²) in [5.74, 6) is -3.59. The highest BCUT2D eigenvalue weighted by Crippen LogP contribution is 2.24. The van der Waals surface area contributed by atoms with E-state index in [2.05, 4.69) is 4.98 Å². The van der Waals surface area contributed by atoms with Crippen LogP contribution < -0.4 is 5.73 Å². The zero-order valence-electron chi connectivity index (χ0n) is 10.4. The van der Waals surface area contributed by atoms with Crippen LogP contribution in [0.3, 0.4) is 0 Å². The molecule has 0 spiro atoms. The summed E-state index contributed by atoms with van der Waals surface area (Å²) in [6, 6.07) is 1.07. The van der Waals surface area contributed by atoms with Gasteiger partial charge in [0.1, 0.15) is 5.82 Å². The van der Waals surface area contributed by atoms with Crippen molar-refractivity contribution >= 4 is 0 Å². The van der Waals surface area contributed by atoms with Gasteiger partial charge in [0.15, 0.2) is 17.5 Å². The summed E-state index contributed by atoms with van der Waals surface area (Å²) < 4.78 is 41.6. The van der Waals surface area contributed by atoms with E-state index in [4.69, 9.17) is 5.73 Å². The lowest BCUT2D eigenvalue weighted by Crippen LogP contribution is -2.20. The van der Waals surface area contributed by atoms with Crippen molar-refractivity contribution in [1.82, 2.24) is 9.55 Å². The summed E-state index contributed by atoms with van der Waals surface area (Å²) in [4.78, 5) is 4.06. The lowest BCUT2D eigenvalue weighted by atomic mass is 10.1. The van der Waals surface area contributed by atoms with Gasteiger partial charge in [-0.05, 0) is 12.5 Å². The van der Waals surface area contributed by atoms with Crippen LogP contribution in [0.1, 0.15) is 30.8 Å². The minimum atomic E-state index is -1.51. The number of nitrogens with two attached hydrogens (primary N) is 1. The molecule has 1 unspecified atom stereocenters. The van der Waals surface area contributed by atoms with Crippen molar-refractivity contribution in [2.24, 2.45) is 5.73 Å². The van der Waals surface area contributed by atoms with Crippen molar-refractivity contribution in [2.45, 2.75) is 25.9 Å². The van der Waals surface area contributed by atoms with E-state index in [0.29, 0.717) is 12.4 Å². The predicted octanol–water partition coefficient (Wildman–Crippen LogP) is 2.76. The highest BCUT2D eigenvalue weighted by molar-refractivity contribution is 5.28. The van der Waals surface area contributed by atoms with Gasteiger partial charge in [-0.1, -0.05) is 13.0 Å². The largest absolute Gasteiger partial charge is 0.333 e. The molecule has 0 aliphatic heterocycles. The standard InChI is InChI=1S/C13H14F3N3/c1-2-6-19-7-5-18-13(19)12(17)8-3-4-9(14)11(16)10(8)15/h3-5,7,12H,2,6,17H2,1H3. The van der Waals surface area contributed by atoms with Crippen LogP contribution in [-0.4, -0.2) is 9.55 Å². The van der Waals surface area contributed by atoms with Gasteiger partial charge in [0, 0.05) is 24.5 Å². The minimum absolute atomic E-state index is 0.109. The summed E-state index contributed by atoms with van der Waals surface area (Å²) in [5, 5.41) is 0. The molecule has 0 aliphatic rings. The molecule has 19 heavy (non-hydrogen) atoms. The molecule has 0 saturated carbocycles. The lowest BCUT2D eigenvalue weighted by molar-refractivity contribution is 0.436. The van der Waals surface area contributed by atoms with Crippen molar-refractivity contribution in [1.29, 1.82) is 0 Å². The first-order valence-corrected chi connectivity index (χ1v) is 5.96. The number of imidazole rings is 1. The summed E-state index contributed by atoms with van der Waals surface area (Å²) in [5.41, 5.74) is 5.79. The van der Waals surface area contributed by atoms with Crippen LogP contribution in [0.2, 0.25) is 0 Å². The summed E-state index contributed by atoms with van der Waals surface area (Å²) in [6.45, 7) is 2.65. The number of rotatable bonds is 4. The van der Waals surface area contributed by atoms with Gasteiger partial charge < -0.3 is 10.3 Å². The third kappa shape index (κ3) is 2.49. The minimum Gasteiger partial charge on any atom is -0.333 e. The van der Waals surface area contributed by atoms with E-state index in [1.807, 2.05) is 6.92 Å². The van der Waals surface area contributed by atoms with Crippen LogP contribution in [0.4, 0.5) is 13.2 Å². The van der Waals surface area contributed by atoms with E-state index in [1.165, 1.54) is 0 Å². The lowest BCUT2D eigenvalue weighted by Gasteiger charge is -2.15. The van der Waals surface area contributed by atoms with E-state index in [-0.39, 0.29) is 5.56 Å². The molecule has 1 aromatic heterocycles. The zero-order valence-corrected chi connectivity index (χ0v) is 10.4. The second kappa shape index (κ2) is 5.44. The SMILES string of the molecule is CCCn1ccnc1C(N)c1ccc(F)c(F)c1F. The molecule has 2 aromatic rings. The van der Waals surface area contributed by atoms with Crippen LogP contribution in [0.15, 0.2) is 24.5 Å². The molecule has 1 heterocycles. The average molecular weight is 269 g/mol. The fourth-order valence-electron chi connectivity index (χ4n) is 1.95. The molecule has 2 rings (SSSR count). The highest BCUT2D eigenvalue weighted by atomic mass is 19.2. The summed E-state index contributed by atoms with van der Waals surface area (Å²) in [7, 11) is 0. The summed E-state index contributed by atoms with van der Waals surface area (Å²) >= 11 is 0. The van der Waals surface area contributed by atoms with Crippen LogP contribution in [0, 0.1) is 17.5 Å². The smallest absolute Gasteiger partial charge is 0.194 e. The molecule has 1 atom stereocenters. The maximum atomic E-state index is 13.7. The molecule has 6 heteroatoms. The predicted molar refractivity (Wildman–Crippen MR) is 64.9 cm³/mol. The number of benzene rings is 1. The molecule has 0 fully saturated rings. The second-order valence-electron chi connectivity index (χ2n) is 4.22. The maximum Gasteiger partial charge on any atom is 0.194 e. The maximum absolute atomic E-state index is 13.7. The Morgan fingerprint density at radius 2 is 2.00 bits per heavy atom. The molecule has 0 bridgehead atoms. The quantitative estimate of drug-likeness (QED) is 0.867. The molecular weight excluding hydrogens is 255 g/mol. The molecular formula is C13H14F3N3. The van der Waals surface area contributed by atoms with Crippen molar-refractivity contribution in [3.8, 4) is 0 Å². The monoisotopic (exact) mass is 269 g/mol. The number of aryl methyl sites for hydroxylation is 1. The van der Waals surface area contributed by atoms with Gasteiger partial charge in [0.2, 0.25) is 0 Å². The van der Waals surface area contributed by atoms with Crippen molar-refractivity contribution < 1.29 is 13.2 Å². The van der Waals surface area contributed by atoms with Gasteiger partial charge in [0.25, 0.3) is 0 Å². The van der Waals surface area contributed by atoms with Crippen LogP contribution >= 0.6 is 0 Å². The Morgan fingerprint density at radius 1 is 1.26 bits per heavy atom. The number of nitrogens with zero attached hydrogens (tertiary/aromatic N) is 2. The molecule has 0 amide bonds. The van der Waals surface area contributed by atoms with Gasteiger partial charge >= 0.3 is 0 Å². The Kier molecular flexibility index (Phi) is 3.90. The number of halogens is 3. The van der Waals surface area contributed by atoms with Crippen LogP contribution in [0.5, 0.6) is 0 Å². The van der Waals surface area contributed by atoms with Crippen LogP contribution in [0.25, 0.3) is 0 Å². The van der Waals surface area contributed by atoms with Crippen molar-refractivity contribution in [2.75, 3.05) is 0 Å². The Bertz CT molecular complexity index is 581. The molecule has 2 N–H and O–H groups in total. The Hall–Kier alpha value is -1.82. The third-order valence-electron chi connectivity index (χ3n) is 2.89.